The van der Waals surface area contributed by atoms with Gasteiger partial charge in [0.1, 0.15) is 23.1 Å². The Morgan fingerprint density at radius 3 is 2.54 bits per heavy atom. The fraction of sp³-hybridized carbons (Fsp3) is 0.200. The topological polar surface area (TPSA) is 96.9 Å². The van der Waals surface area contributed by atoms with E-state index in [0.717, 1.165) is 0 Å². The van der Waals surface area contributed by atoms with E-state index in [2.05, 4.69) is 5.10 Å². The number of nitrogens with one attached hydrogen (secondary N) is 1. The zero-order chi connectivity index (χ0) is 17.5. The summed E-state index contributed by atoms with van der Waals surface area (Å²) in [4.78, 5) is 0. The van der Waals surface area contributed by atoms with E-state index in [-0.39, 0.29) is 22.9 Å². The predicted molar refractivity (Wildman–Crippen MR) is 75.9 cm³/mol. The lowest BCUT2D eigenvalue weighted by Gasteiger charge is -2.24. The van der Waals surface area contributed by atoms with Gasteiger partial charge in [0.15, 0.2) is 0 Å². The second kappa shape index (κ2) is 5.49. The molecule has 1 aromatic carbocycles. The average molecular weight is 336 g/mol. The van der Waals surface area contributed by atoms with Gasteiger partial charge in [0.25, 0.3) is 0 Å². The summed E-state index contributed by atoms with van der Waals surface area (Å²) >= 11 is 0. The monoisotopic (exact) mass is 336 g/mol. The molecule has 3 N–H and O–H groups in total. The third-order valence-corrected chi connectivity index (χ3v) is 3.67. The first-order valence-electron chi connectivity index (χ1n) is 6.73. The molecule has 1 aromatic heterocycles. The second-order valence-corrected chi connectivity index (χ2v) is 5.01. The van der Waals surface area contributed by atoms with Crippen LogP contribution in [0.25, 0.3) is 0 Å². The van der Waals surface area contributed by atoms with E-state index in [4.69, 9.17) is 15.2 Å². The number of alkyl halides is 3. The van der Waals surface area contributed by atoms with E-state index in [0.29, 0.717) is 11.3 Å². The predicted octanol–water partition coefficient (Wildman–Crippen LogP) is 2.66. The average Bonchev–Trinajstić information content (AvgIpc) is 2.97. The van der Waals surface area contributed by atoms with Crippen LogP contribution in [0.2, 0.25) is 0 Å². The maximum absolute atomic E-state index is 13.3. The molecule has 0 aliphatic carbocycles. The Kier molecular flexibility index (Phi) is 3.60. The van der Waals surface area contributed by atoms with E-state index in [1.807, 2.05) is 11.2 Å². The van der Waals surface area contributed by atoms with Crippen molar-refractivity contribution in [2.24, 2.45) is 5.73 Å². The number of H-pyrrole nitrogens is 1. The number of nitrogens with two attached hydrogens (primary N) is 1. The molecule has 1 atom stereocenters. The van der Waals surface area contributed by atoms with Crippen LogP contribution in [-0.4, -0.2) is 17.3 Å². The number of nitriles is 1. The van der Waals surface area contributed by atoms with Crippen molar-refractivity contribution in [1.29, 1.82) is 5.26 Å². The largest absolute Gasteiger partial charge is 0.497 e. The molecule has 0 amide bonds. The molecule has 3 rings (SSSR count). The molecule has 0 saturated carbocycles. The summed E-state index contributed by atoms with van der Waals surface area (Å²) in [5.41, 5.74) is 4.67. The molecule has 2 heterocycles. The number of hydrogen-bond acceptors (Lipinski definition) is 5. The smallest absolute Gasteiger partial charge is 0.433 e. The van der Waals surface area contributed by atoms with Crippen LogP contribution < -0.4 is 15.2 Å². The Morgan fingerprint density at radius 2 is 2.00 bits per heavy atom. The van der Waals surface area contributed by atoms with Crippen molar-refractivity contribution in [3.05, 3.63) is 52.5 Å². The standard InChI is InChI=1S/C15H11F3N4O2/c1-23-8-4-2-7(3-5-8)10-9(6-19)13(20)24-14-11(10)12(21-22-14)15(16,17)18/h2-5,10H,20H2,1H3,(H,21,22)/t10-/m1/s1. The number of rotatable bonds is 2. The van der Waals surface area contributed by atoms with Gasteiger partial charge in [0, 0.05) is 0 Å². The molecule has 0 saturated heterocycles. The van der Waals surface area contributed by atoms with Crippen LogP contribution in [0.4, 0.5) is 13.2 Å². The van der Waals surface area contributed by atoms with Crippen molar-refractivity contribution in [3.63, 3.8) is 0 Å². The lowest BCUT2D eigenvalue weighted by Crippen LogP contribution is -2.22. The van der Waals surface area contributed by atoms with Gasteiger partial charge in [-0.2, -0.15) is 18.4 Å². The normalized spacial score (nSPS) is 17.0. The fourth-order valence-electron chi connectivity index (χ4n) is 2.59. The highest BCUT2D eigenvalue weighted by Gasteiger charge is 2.44. The minimum atomic E-state index is -4.68. The van der Waals surface area contributed by atoms with Crippen molar-refractivity contribution in [1.82, 2.24) is 10.2 Å². The Balaban J connectivity index is 2.22. The Morgan fingerprint density at radius 1 is 1.33 bits per heavy atom. The first-order valence-corrected chi connectivity index (χ1v) is 6.73. The Labute approximate surface area is 134 Å². The minimum absolute atomic E-state index is 0.112. The second-order valence-electron chi connectivity index (χ2n) is 5.01. The lowest BCUT2D eigenvalue weighted by molar-refractivity contribution is -0.141. The number of fused-ring (bicyclic) bond motifs is 1. The van der Waals surface area contributed by atoms with Crippen molar-refractivity contribution >= 4 is 0 Å². The molecule has 124 valence electrons. The van der Waals surface area contributed by atoms with Crippen LogP contribution in [0.1, 0.15) is 22.7 Å². The Bertz CT molecular complexity index is 847. The molecule has 6 nitrogen and oxygen atoms in total. The van der Waals surface area contributed by atoms with Gasteiger partial charge in [0.05, 0.1) is 18.6 Å². The minimum Gasteiger partial charge on any atom is -0.497 e. The maximum atomic E-state index is 13.3. The number of ether oxygens (including phenoxy) is 2. The molecule has 9 heteroatoms. The molecule has 0 unspecified atom stereocenters. The first kappa shape index (κ1) is 15.7. The number of aromatic nitrogens is 2. The molecule has 0 bridgehead atoms. The van der Waals surface area contributed by atoms with E-state index in [9.17, 15) is 18.4 Å². The summed E-state index contributed by atoms with van der Waals surface area (Å²) < 4.78 is 49.9. The molecule has 2 aromatic rings. The number of benzene rings is 1. The number of allylic oxidation sites excluding steroid dienone is 1. The van der Waals surface area contributed by atoms with Gasteiger partial charge in [-0.05, 0) is 17.7 Å². The molecular weight excluding hydrogens is 325 g/mol. The summed E-state index contributed by atoms with van der Waals surface area (Å²) in [6.45, 7) is 0. The molecule has 24 heavy (non-hydrogen) atoms. The van der Waals surface area contributed by atoms with Crippen LogP contribution >= 0.6 is 0 Å². The van der Waals surface area contributed by atoms with Crippen LogP contribution in [0.15, 0.2) is 35.7 Å². The van der Waals surface area contributed by atoms with Crippen molar-refractivity contribution in [2.45, 2.75) is 12.1 Å². The zero-order valence-corrected chi connectivity index (χ0v) is 12.3. The maximum Gasteiger partial charge on any atom is 0.433 e. The van der Waals surface area contributed by atoms with E-state index >= 15 is 0 Å². The Hall–Kier alpha value is -3.15. The van der Waals surface area contributed by atoms with Crippen molar-refractivity contribution in [2.75, 3.05) is 7.11 Å². The van der Waals surface area contributed by atoms with Gasteiger partial charge in [-0.1, -0.05) is 12.1 Å². The van der Waals surface area contributed by atoms with E-state index in [1.165, 1.54) is 7.11 Å². The summed E-state index contributed by atoms with van der Waals surface area (Å²) in [5.74, 6) is -1.07. The van der Waals surface area contributed by atoms with E-state index < -0.39 is 17.8 Å². The van der Waals surface area contributed by atoms with Crippen LogP contribution in [0, 0.1) is 11.3 Å². The lowest BCUT2D eigenvalue weighted by atomic mass is 9.84. The summed E-state index contributed by atoms with van der Waals surface area (Å²) in [6, 6.07) is 8.13. The third-order valence-electron chi connectivity index (χ3n) is 3.67. The highest BCUT2D eigenvalue weighted by Crippen LogP contribution is 2.46. The molecule has 1 aliphatic heterocycles. The summed E-state index contributed by atoms with van der Waals surface area (Å²) in [5, 5.41) is 14.8. The van der Waals surface area contributed by atoms with Gasteiger partial charge >= 0.3 is 6.18 Å². The third kappa shape index (κ3) is 2.42. The highest BCUT2D eigenvalue weighted by molar-refractivity contribution is 5.56. The molecular formula is C15H11F3N4O2. The quantitative estimate of drug-likeness (QED) is 0.879. The van der Waals surface area contributed by atoms with Gasteiger partial charge in [-0.25, -0.2) is 0 Å². The summed E-state index contributed by atoms with van der Waals surface area (Å²) in [7, 11) is 1.47. The van der Waals surface area contributed by atoms with Gasteiger partial charge < -0.3 is 15.2 Å². The number of aromatic amines is 1. The van der Waals surface area contributed by atoms with Crippen molar-refractivity contribution < 1.29 is 22.6 Å². The van der Waals surface area contributed by atoms with Crippen LogP contribution in [0.5, 0.6) is 11.6 Å². The van der Waals surface area contributed by atoms with Crippen molar-refractivity contribution in [3.8, 4) is 17.7 Å². The molecule has 0 spiro atoms. The van der Waals surface area contributed by atoms with Gasteiger partial charge in [0.2, 0.25) is 11.8 Å². The van der Waals surface area contributed by atoms with Crippen LogP contribution in [0.3, 0.4) is 0 Å². The number of halogens is 3. The molecule has 0 radical (unpaired) electrons. The zero-order valence-electron chi connectivity index (χ0n) is 12.3. The highest BCUT2D eigenvalue weighted by atomic mass is 19.4. The number of methoxy groups -OCH3 is 1. The van der Waals surface area contributed by atoms with Gasteiger partial charge in [-0.3, -0.25) is 5.10 Å². The van der Waals surface area contributed by atoms with Crippen LogP contribution in [-0.2, 0) is 6.18 Å². The molecule has 0 fully saturated rings. The van der Waals surface area contributed by atoms with Gasteiger partial charge in [-0.15, -0.1) is 5.10 Å². The SMILES string of the molecule is COc1ccc([C@@H]2C(C#N)=C(N)Oc3n[nH]c(C(F)(F)F)c32)cc1. The summed E-state index contributed by atoms with van der Waals surface area (Å²) in [6.07, 6.45) is -4.68. The van der Waals surface area contributed by atoms with E-state index in [1.54, 1.807) is 24.3 Å². The fourth-order valence-corrected chi connectivity index (χ4v) is 2.59. The first-order chi connectivity index (χ1) is 11.4. The molecule has 1 aliphatic rings. The number of nitrogens with zero attached hydrogens (tertiary/aromatic N) is 2. The number of hydrogen-bond donors (Lipinski definition) is 2.